The molecule has 1 nitrogen and oxygen atoms in total. The summed E-state index contributed by atoms with van der Waals surface area (Å²) in [6.45, 7) is 9.99. The zero-order valence-electron chi connectivity index (χ0n) is 12.5. The van der Waals surface area contributed by atoms with Crippen LogP contribution in [0, 0.1) is 13.8 Å². The standard InChI is InChI=1S/C19H21N/c1-5-6-16-8-9-17(12-18(16)13-20-4)19-10-7-14(2)11-15(19)3/h6-13H,4-5H2,1-3H3/b16-6-,18-13-. The molecule has 0 aromatic heterocycles. The van der Waals surface area contributed by atoms with Crippen molar-refractivity contribution in [3.63, 3.8) is 0 Å². The largest absolute Gasteiger partial charge is 0.272 e. The zero-order valence-corrected chi connectivity index (χ0v) is 12.5. The van der Waals surface area contributed by atoms with Crippen molar-refractivity contribution in [1.29, 1.82) is 0 Å². The minimum absolute atomic E-state index is 1.01. The van der Waals surface area contributed by atoms with Crippen LogP contribution in [0.1, 0.15) is 24.5 Å². The second kappa shape index (κ2) is 6.33. The number of hydrogen-bond acceptors (Lipinski definition) is 1. The lowest BCUT2D eigenvalue weighted by atomic mass is 9.98. The first-order valence-electron chi connectivity index (χ1n) is 6.99. The molecule has 0 saturated heterocycles. The molecule has 0 N–H and O–H groups in total. The maximum atomic E-state index is 3.93. The number of nitrogens with zero attached hydrogens (tertiary/aromatic N) is 1. The highest BCUT2D eigenvalue weighted by Gasteiger charge is 2.02. The highest BCUT2D eigenvalue weighted by atomic mass is 14.6. The van der Waals surface area contributed by atoms with Gasteiger partial charge in [-0.2, -0.15) is 0 Å². The summed E-state index contributed by atoms with van der Waals surface area (Å²) in [6, 6.07) is 13.1. The van der Waals surface area contributed by atoms with Crippen molar-refractivity contribution in [1.82, 2.24) is 0 Å². The molecule has 0 aliphatic rings. The SMILES string of the molecule is C=N/C=c1/cc(-c2ccc(C)cc2C)cc/c1=C/CC. The molecular formula is C19H21N. The lowest BCUT2D eigenvalue weighted by Crippen LogP contribution is -2.23. The summed E-state index contributed by atoms with van der Waals surface area (Å²) in [4.78, 5) is 3.93. The van der Waals surface area contributed by atoms with Gasteiger partial charge in [0.15, 0.2) is 0 Å². The van der Waals surface area contributed by atoms with Gasteiger partial charge in [0.25, 0.3) is 0 Å². The molecule has 2 aromatic rings. The molecule has 0 unspecified atom stereocenters. The van der Waals surface area contributed by atoms with Crippen LogP contribution in [0.3, 0.4) is 0 Å². The van der Waals surface area contributed by atoms with Gasteiger partial charge >= 0.3 is 0 Å². The number of aliphatic imine (C=N–C) groups is 1. The first-order chi connectivity index (χ1) is 9.65. The van der Waals surface area contributed by atoms with Gasteiger partial charge in [-0.1, -0.05) is 48.9 Å². The van der Waals surface area contributed by atoms with Crippen LogP contribution in [0.15, 0.2) is 41.4 Å². The van der Waals surface area contributed by atoms with E-state index in [4.69, 9.17) is 0 Å². The topological polar surface area (TPSA) is 12.4 Å². The second-order valence-electron chi connectivity index (χ2n) is 5.09. The molecule has 0 amide bonds. The Morgan fingerprint density at radius 3 is 2.50 bits per heavy atom. The summed E-state index contributed by atoms with van der Waals surface area (Å²) in [5.74, 6) is 0. The van der Waals surface area contributed by atoms with Crippen LogP contribution in [0.25, 0.3) is 23.4 Å². The van der Waals surface area contributed by atoms with Gasteiger partial charge in [0.1, 0.15) is 0 Å². The van der Waals surface area contributed by atoms with Crippen molar-refractivity contribution in [3.05, 3.63) is 58.0 Å². The second-order valence-corrected chi connectivity index (χ2v) is 5.09. The summed E-state index contributed by atoms with van der Waals surface area (Å²) in [6.07, 6.45) is 5.05. The summed E-state index contributed by atoms with van der Waals surface area (Å²) in [5.41, 5.74) is 5.10. The minimum Gasteiger partial charge on any atom is -0.272 e. The van der Waals surface area contributed by atoms with E-state index >= 15 is 0 Å². The highest BCUT2D eigenvalue weighted by Crippen LogP contribution is 2.22. The van der Waals surface area contributed by atoms with Gasteiger partial charge in [0.05, 0.1) is 0 Å². The molecule has 0 radical (unpaired) electrons. The molecule has 0 spiro atoms. The van der Waals surface area contributed by atoms with E-state index in [1.54, 1.807) is 0 Å². The van der Waals surface area contributed by atoms with E-state index < -0.39 is 0 Å². The zero-order chi connectivity index (χ0) is 14.5. The van der Waals surface area contributed by atoms with E-state index in [2.05, 4.69) is 75.0 Å². The monoisotopic (exact) mass is 263 g/mol. The lowest BCUT2D eigenvalue weighted by Gasteiger charge is -2.07. The molecule has 0 fully saturated rings. The average Bonchev–Trinajstić information content (AvgIpc) is 2.41. The van der Waals surface area contributed by atoms with E-state index in [0.29, 0.717) is 0 Å². The summed E-state index contributed by atoms with van der Waals surface area (Å²) >= 11 is 0. The molecule has 102 valence electrons. The van der Waals surface area contributed by atoms with Crippen molar-refractivity contribution in [2.45, 2.75) is 27.2 Å². The van der Waals surface area contributed by atoms with Gasteiger partial charge in [-0.25, -0.2) is 0 Å². The van der Waals surface area contributed by atoms with Gasteiger partial charge in [0.2, 0.25) is 0 Å². The first kappa shape index (κ1) is 14.3. The quantitative estimate of drug-likeness (QED) is 0.750. The molecule has 0 aliphatic carbocycles. The molecule has 20 heavy (non-hydrogen) atoms. The normalized spacial score (nSPS) is 12.8. The summed E-state index contributed by atoms with van der Waals surface area (Å²) in [5, 5.41) is 2.34. The smallest absolute Gasteiger partial charge is 0.0339 e. The van der Waals surface area contributed by atoms with Crippen LogP contribution in [0.2, 0.25) is 0 Å². The fraction of sp³-hybridized carbons (Fsp3) is 0.211. The Labute approximate surface area is 121 Å². The van der Waals surface area contributed by atoms with Gasteiger partial charge < -0.3 is 0 Å². The van der Waals surface area contributed by atoms with Crippen molar-refractivity contribution in [3.8, 4) is 11.1 Å². The molecule has 0 saturated carbocycles. The van der Waals surface area contributed by atoms with Crippen molar-refractivity contribution < 1.29 is 0 Å². The Hall–Kier alpha value is -2.15. The highest BCUT2D eigenvalue weighted by molar-refractivity contribution is 5.68. The average molecular weight is 263 g/mol. The molecule has 2 rings (SSSR count). The molecule has 0 aliphatic heterocycles. The minimum atomic E-state index is 1.01. The molecule has 2 aromatic carbocycles. The van der Waals surface area contributed by atoms with Crippen LogP contribution in [0.4, 0.5) is 0 Å². The maximum absolute atomic E-state index is 3.93. The molecule has 0 bridgehead atoms. The third-order valence-electron chi connectivity index (χ3n) is 3.43. The summed E-state index contributed by atoms with van der Waals surface area (Å²) in [7, 11) is 0. The van der Waals surface area contributed by atoms with E-state index in [9.17, 15) is 0 Å². The molecule has 1 heteroatoms. The van der Waals surface area contributed by atoms with Crippen LogP contribution in [-0.4, -0.2) is 6.72 Å². The van der Waals surface area contributed by atoms with Crippen molar-refractivity contribution in [2.75, 3.05) is 0 Å². The Morgan fingerprint density at radius 2 is 1.85 bits per heavy atom. The van der Waals surface area contributed by atoms with Crippen molar-refractivity contribution in [2.24, 2.45) is 4.99 Å². The predicted molar refractivity (Wildman–Crippen MR) is 89.4 cm³/mol. The third kappa shape index (κ3) is 3.05. The van der Waals surface area contributed by atoms with Gasteiger partial charge in [0, 0.05) is 11.4 Å². The number of hydrogen-bond donors (Lipinski definition) is 0. The van der Waals surface area contributed by atoms with Crippen LogP contribution < -0.4 is 10.4 Å². The number of benzene rings is 2. The van der Waals surface area contributed by atoms with Gasteiger partial charge in [-0.05, 0) is 55.0 Å². The number of aryl methyl sites for hydroxylation is 2. The van der Waals surface area contributed by atoms with E-state index in [0.717, 1.165) is 11.6 Å². The van der Waals surface area contributed by atoms with E-state index in [-0.39, 0.29) is 0 Å². The maximum Gasteiger partial charge on any atom is 0.0339 e. The van der Waals surface area contributed by atoms with Crippen LogP contribution >= 0.6 is 0 Å². The molecular weight excluding hydrogens is 242 g/mol. The van der Waals surface area contributed by atoms with Crippen LogP contribution in [0.5, 0.6) is 0 Å². The van der Waals surface area contributed by atoms with Gasteiger partial charge in [-0.15, -0.1) is 0 Å². The summed E-state index contributed by atoms with van der Waals surface area (Å²) < 4.78 is 0. The van der Waals surface area contributed by atoms with Gasteiger partial charge in [-0.3, -0.25) is 4.99 Å². The van der Waals surface area contributed by atoms with E-state index in [1.165, 1.54) is 27.5 Å². The van der Waals surface area contributed by atoms with E-state index in [1.807, 2.05) is 6.20 Å². The van der Waals surface area contributed by atoms with Crippen LogP contribution in [-0.2, 0) is 0 Å². The predicted octanol–water partition coefficient (Wildman–Crippen LogP) is 3.60. The Kier molecular flexibility index (Phi) is 4.52. The molecule has 0 atom stereocenters. The Bertz CT molecular complexity index is 739. The third-order valence-corrected chi connectivity index (χ3v) is 3.43. The Morgan fingerprint density at radius 1 is 1.05 bits per heavy atom. The fourth-order valence-corrected chi connectivity index (χ4v) is 2.50. The first-order valence-corrected chi connectivity index (χ1v) is 6.99. The number of rotatable bonds is 3. The Balaban J connectivity index is 2.65. The fourth-order valence-electron chi connectivity index (χ4n) is 2.50. The molecule has 0 heterocycles. The van der Waals surface area contributed by atoms with Crippen molar-refractivity contribution >= 4 is 19.0 Å². The lowest BCUT2D eigenvalue weighted by molar-refractivity contribution is 1.28.